The van der Waals surface area contributed by atoms with Gasteiger partial charge in [-0.1, -0.05) is 20.8 Å². The van der Waals surface area contributed by atoms with Gasteiger partial charge in [0.2, 0.25) is 0 Å². The zero-order valence-corrected chi connectivity index (χ0v) is 15.9. The molecule has 138 valence electrons. The molecule has 0 spiro atoms. The van der Waals surface area contributed by atoms with Crippen LogP contribution in [0.5, 0.6) is 0 Å². The molecule has 1 saturated heterocycles. The van der Waals surface area contributed by atoms with Crippen molar-refractivity contribution in [1.29, 1.82) is 0 Å². The molecule has 1 rings (SSSR count). The lowest BCUT2D eigenvalue weighted by Crippen LogP contribution is -2.54. The lowest BCUT2D eigenvalue weighted by Gasteiger charge is -2.35. The fourth-order valence-corrected chi connectivity index (χ4v) is 3.49. The number of carbonyl (C=O) groups excluding carboxylic acids is 3. The van der Waals surface area contributed by atoms with Gasteiger partial charge in [0, 0.05) is 18.6 Å². The Bertz CT molecular complexity index is 480. The molecule has 0 bridgehead atoms. The minimum atomic E-state index is -0.603. The molecule has 1 unspecified atom stereocenters. The predicted molar refractivity (Wildman–Crippen MR) is 92.2 cm³/mol. The van der Waals surface area contributed by atoms with Crippen molar-refractivity contribution in [3.8, 4) is 0 Å². The van der Waals surface area contributed by atoms with Crippen molar-refractivity contribution in [2.75, 3.05) is 19.7 Å². The van der Waals surface area contributed by atoms with Gasteiger partial charge in [0.15, 0.2) is 0 Å². The highest BCUT2D eigenvalue weighted by Gasteiger charge is 2.34. The Kier molecular flexibility index (Phi) is 6.81. The predicted octanol–water partition coefficient (Wildman–Crippen LogP) is 2.12. The number of esters is 1. The van der Waals surface area contributed by atoms with Gasteiger partial charge in [-0.15, -0.1) is 0 Å². The van der Waals surface area contributed by atoms with Crippen molar-refractivity contribution < 1.29 is 19.1 Å². The van der Waals surface area contributed by atoms with Gasteiger partial charge in [-0.05, 0) is 45.4 Å². The summed E-state index contributed by atoms with van der Waals surface area (Å²) in [5, 5.41) is 2.83. The summed E-state index contributed by atoms with van der Waals surface area (Å²) < 4.78 is 5.03. The number of hydrogen-bond acceptors (Lipinski definition) is 4. The van der Waals surface area contributed by atoms with Gasteiger partial charge in [0.25, 0.3) is 0 Å². The van der Waals surface area contributed by atoms with E-state index in [0.717, 1.165) is 6.42 Å². The molecule has 6 nitrogen and oxygen atoms in total. The Balaban J connectivity index is 2.65. The number of hydrogen-bond donors (Lipinski definition) is 1. The molecule has 0 aliphatic carbocycles. The van der Waals surface area contributed by atoms with Gasteiger partial charge < -0.3 is 15.0 Å². The summed E-state index contributed by atoms with van der Waals surface area (Å²) in [7, 11) is 0. The molecular formula is C18H32N2O4. The maximum Gasteiger partial charge on any atom is 0.311 e. The highest BCUT2D eigenvalue weighted by Crippen LogP contribution is 2.27. The SMILES string of the molecule is CCOC(=O)C1CCCN(C(=O)C(=O)NC(C)(C)CC(C)(C)C)C1. The highest BCUT2D eigenvalue weighted by atomic mass is 16.5. The molecule has 1 fully saturated rings. The van der Waals surface area contributed by atoms with Crippen molar-refractivity contribution in [3.63, 3.8) is 0 Å². The summed E-state index contributed by atoms with van der Waals surface area (Å²) in [6.07, 6.45) is 2.15. The molecule has 1 atom stereocenters. The van der Waals surface area contributed by atoms with E-state index in [-0.39, 0.29) is 23.8 Å². The average molecular weight is 340 g/mol. The molecule has 1 heterocycles. The normalized spacial score (nSPS) is 18.9. The summed E-state index contributed by atoms with van der Waals surface area (Å²) in [5.41, 5.74) is -0.429. The first-order valence-corrected chi connectivity index (χ1v) is 8.73. The summed E-state index contributed by atoms with van der Waals surface area (Å²) in [6.45, 7) is 13.0. The Morgan fingerprint density at radius 3 is 2.33 bits per heavy atom. The van der Waals surface area contributed by atoms with E-state index in [1.54, 1.807) is 6.92 Å². The van der Waals surface area contributed by atoms with Gasteiger partial charge in [0.1, 0.15) is 0 Å². The molecule has 0 radical (unpaired) electrons. The van der Waals surface area contributed by atoms with E-state index in [0.29, 0.717) is 26.0 Å². The number of rotatable bonds is 4. The molecule has 24 heavy (non-hydrogen) atoms. The number of ether oxygens (including phenoxy) is 1. The number of likely N-dealkylation sites (tertiary alicyclic amines) is 1. The molecular weight excluding hydrogens is 308 g/mol. The second kappa shape index (κ2) is 7.99. The Morgan fingerprint density at radius 2 is 1.79 bits per heavy atom. The van der Waals surface area contributed by atoms with Crippen LogP contribution in [0, 0.1) is 11.3 Å². The van der Waals surface area contributed by atoms with Crippen LogP contribution in [-0.4, -0.2) is 47.9 Å². The van der Waals surface area contributed by atoms with E-state index in [9.17, 15) is 14.4 Å². The van der Waals surface area contributed by atoms with E-state index < -0.39 is 17.4 Å². The van der Waals surface area contributed by atoms with E-state index in [4.69, 9.17) is 4.74 Å². The third kappa shape index (κ3) is 6.49. The number of piperidine rings is 1. The highest BCUT2D eigenvalue weighted by molar-refractivity contribution is 6.35. The second-order valence-corrected chi connectivity index (χ2v) is 8.42. The maximum absolute atomic E-state index is 12.4. The summed E-state index contributed by atoms with van der Waals surface area (Å²) in [4.78, 5) is 38.1. The smallest absolute Gasteiger partial charge is 0.311 e. The van der Waals surface area contributed by atoms with Crippen molar-refractivity contribution in [2.24, 2.45) is 11.3 Å². The van der Waals surface area contributed by atoms with E-state index in [1.165, 1.54) is 4.90 Å². The number of nitrogens with zero attached hydrogens (tertiary/aromatic N) is 1. The van der Waals surface area contributed by atoms with Crippen molar-refractivity contribution >= 4 is 17.8 Å². The van der Waals surface area contributed by atoms with Gasteiger partial charge in [-0.25, -0.2) is 0 Å². The monoisotopic (exact) mass is 340 g/mol. The Labute approximate surface area is 145 Å². The van der Waals surface area contributed by atoms with Crippen LogP contribution in [0.4, 0.5) is 0 Å². The van der Waals surface area contributed by atoms with Crippen LogP contribution in [0.2, 0.25) is 0 Å². The largest absolute Gasteiger partial charge is 0.466 e. The summed E-state index contributed by atoms with van der Waals surface area (Å²) >= 11 is 0. The van der Waals surface area contributed by atoms with E-state index >= 15 is 0 Å². The molecule has 2 amide bonds. The first-order valence-electron chi connectivity index (χ1n) is 8.73. The fraction of sp³-hybridized carbons (Fsp3) is 0.833. The molecule has 1 aliphatic rings. The first kappa shape index (κ1) is 20.5. The number of carbonyl (C=O) groups is 3. The van der Waals surface area contributed by atoms with Gasteiger partial charge >= 0.3 is 17.8 Å². The van der Waals surface area contributed by atoms with Crippen LogP contribution < -0.4 is 5.32 Å². The minimum absolute atomic E-state index is 0.0416. The molecule has 6 heteroatoms. The van der Waals surface area contributed by atoms with Crippen LogP contribution in [-0.2, 0) is 19.1 Å². The molecule has 0 saturated carbocycles. The second-order valence-electron chi connectivity index (χ2n) is 8.42. The molecule has 0 aromatic heterocycles. The van der Waals surface area contributed by atoms with Gasteiger partial charge in [-0.2, -0.15) is 0 Å². The molecule has 0 aromatic carbocycles. The lowest BCUT2D eigenvalue weighted by atomic mass is 9.82. The number of amides is 2. The van der Waals surface area contributed by atoms with Crippen LogP contribution in [0.15, 0.2) is 0 Å². The van der Waals surface area contributed by atoms with Crippen molar-refractivity contribution in [3.05, 3.63) is 0 Å². The first-order chi connectivity index (χ1) is 10.9. The van der Waals surface area contributed by atoms with E-state index in [2.05, 4.69) is 26.1 Å². The quantitative estimate of drug-likeness (QED) is 0.628. The van der Waals surface area contributed by atoms with Crippen molar-refractivity contribution in [2.45, 2.75) is 66.3 Å². The Morgan fingerprint density at radius 1 is 1.17 bits per heavy atom. The summed E-state index contributed by atoms with van der Waals surface area (Å²) in [6, 6.07) is 0. The van der Waals surface area contributed by atoms with Gasteiger partial charge in [-0.3, -0.25) is 14.4 Å². The topological polar surface area (TPSA) is 75.7 Å². The third-order valence-electron chi connectivity index (χ3n) is 3.95. The van der Waals surface area contributed by atoms with Crippen LogP contribution in [0.1, 0.15) is 60.8 Å². The van der Waals surface area contributed by atoms with E-state index in [1.807, 2.05) is 13.8 Å². The third-order valence-corrected chi connectivity index (χ3v) is 3.95. The maximum atomic E-state index is 12.4. The lowest BCUT2D eigenvalue weighted by molar-refractivity contribution is -0.154. The fourth-order valence-electron chi connectivity index (χ4n) is 3.49. The molecule has 1 aliphatic heterocycles. The number of nitrogens with one attached hydrogen (secondary N) is 1. The van der Waals surface area contributed by atoms with Crippen LogP contribution >= 0.6 is 0 Å². The average Bonchev–Trinajstić information content (AvgIpc) is 2.43. The molecule has 1 N–H and O–H groups in total. The standard InChI is InChI=1S/C18H32N2O4/c1-7-24-16(23)13-9-8-10-20(11-13)15(22)14(21)19-18(5,6)12-17(2,3)4/h13H,7-12H2,1-6H3,(H,19,21). The summed E-state index contributed by atoms with van der Waals surface area (Å²) in [5.74, 6) is -1.79. The minimum Gasteiger partial charge on any atom is -0.466 e. The zero-order valence-electron chi connectivity index (χ0n) is 15.9. The van der Waals surface area contributed by atoms with Crippen molar-refractivity contribution in [1.82, 2.24) is 10.2 Å². The van der Waals surface area contributed by atoms with Crippen LogP contribution in [0.3, 0.4) is 0 Å². The van der Waals surface area contributed by atoms with Crippen LogP contribution in [0.25, 0.3) is 0 Å². The molecule has 0 aromatic rings. The van der Waals surface area contributed by atoms with Gasteiger partial charge in [0.05, 0.1) is 12.5 Å². The zero-order chi connectivity index (χ0) is 18.5. The Hall–Kier alpha value is -1.59.